The van der Waals surface area contributed by atoms with Crippen LogP contribution in [0.5, 0.6) is 0 Å². The van der Waals surface area contributed by atoms with Gasteiger partial charge in [-0.1, -0.05) is 166 Å². The van der Waals surface area contributed by atoms with Crippen molar-refractivity contribution in [2.45, 2.75) is 65.1 Å². The van der Waals surface area contributed by atoms with Gasteiger partial charge in [-0.2, -0.15) is 0 Å². The second-order valence-electron chi connectivity index (χ2n) is 15.7. The first kappa shape index (κ1) is 38.1. The molecule has 1 aromatic heterocycles. The first-order valence-electron chi connectivity index (χ1n) is 20.2. The van der Waals surface area contributed by atoms with Gasteiger partial charge in [0.15, 0.2) is 0 Å². The van der Waals surface area contributed by atoms with Crippen molar-refractivity contribution in [3.63, 3.8) is 0 Å². The lowest BCUT2D eigenvalue weighted by Gasteiger charge is -2.35. The van der Waals surface area contributed by atoms with Gasteiger partial charge in [0.1, 0.15) is 0 Å². The van der Waals surface area contributed by atoms with Crippen LogP contribution < -0.4 is 5.59 Å². The molecule has 0 amide bonds. The standard InChI is InChI=1S/C51H44BNO2.C2H6/c1-7-9-19-36(8-2)51(37-20-11-10-12-21-37)44-27-18-17-22-38(44)39-30-28-34(32-45(39)51)47-40-23-13-15-25-42(40)48(43-26-16-14-24-41(43)47)35-29-31-46(53-33-35)52-54-49(3,4)50(5,6)55-52;1-2/h7-33H,2H2,1,3-6H3;1-2H3/b9-7-,36-19+;. The Balaban J connectivity index is 0.00000224. The monoisotopic (exact) mass is 743 g/mol. The largest absolute Gasteiger partial charge is 0.514 e. The fourth-order valence-corrected chi connectivity index (χ4v) is 8.86. The minimum absolute atomic E-state index is 0.433. The molecule has 1 fully saturated rings. The van der Waals surface area contributed by atoms with E-state index in [4.69, 9.17) is 14.3 Å². The fourth-order valence-electron chi connectivity index (χ4n) is 8.86. The van der Waals surface area contributed by atoms with Gasteiger partial charge >= 0.3 is 7.12 Å². The maximum absolute atomic E-state index is 6.34. The van der Waals surface area contributed by atoms with E-state index in [9.17, 15) is 0 Å². The molecule has 0 saturated carbocycles. The zero-order valence-electron chi connectivity index (χ0n) is 34.1. The summed E-state index contributed by atoms with van der Waals surface area (Å²) in [5.41, 5.74) is 11.3. The van der Waals surface area contributed by atoms with Crippen LogP contribution >= 0.6 is 0 Å². The summed E-state index contributed by atoms with van der Waals surface area (Å²) in [4.78, 5) is 4.94. The summed E-state index contributed by atoms with van der Waals surface area (Å²) in [5, 5.41) is 4.75. The van der Waals surface area contributed by atoms with Crippen LogP contribution in [-0.2, 0) is 14.7 Å². The highest BCUT2D eigenvalue weighted by Crippen LogP contribution is 2.58. The summed E-state index contributed by atoms with van der Waals surface area (Å²) in [5.74, 6) is 0. The first-order chi connectivity index (χ1) is 27.7. The summed E-state index contributed by atoms with van der Waals surface area (Å²) in [7, 11) is -0.515. The fraction of sp³-hybridized carbons (Fsp3) is 0.189. The Labute approximate surface area is 338 Å². The topological polar surface area (TPSA) is 31.4 Å². The molecule has 1 aliphatic carbocycles. The number of rotatable bonds is 7. The highest BCUT2D eigenvalue weighted by atomic mass is 16.7. The van der Waals surface area contributed by atoms with E-state index in [0.717, 1.165) is 16.7 Å². The molecule has 0 spiro atoms. The molecule has 1 atom stereocenters. The molecule has 1 unspecified atom stereocenters. The molecule has 9 rings (SSSR count). The third-order valence-electron chi connectivity index (χ3n) is 12.2. The number of hydrogen-bond acceptors (Lipinski definition) is 3. The van der Waals surface area contributed by atoms with Crippen LogP contribution in [0.25, 0.3) is 54.9 Å². The predicted molar refractivity (Wildman–Crippen MR) is 242 cm³/mol. The van der Waals surface area contributed by atoms with E-state index in [0.29, 0.717) is 0 Å². The number of benzene rings is 6. The Morgan fingerprint density at radius 2 is 1.14 bits per heavy atom. The van der Waals surface area contributed by atoms with Gasteiger partial charge < -0.3 is 9.31 Å². The van der Waals surface area contributed by atoms with E-state index in [1.807, 2.05) is 26.1 Å². The quantitative estimate of drug-likeness (QED) is 0.0925. The molecule has 1 saturated heterocycles. The lowest BCUT2D eigenvalue weighted by molar-refractivity contribution is 0.00578. The maximum atomic E-state index is 6.34. The van der Waals surface area contributed by atoms with Crippen LogP contribution in [-0.4, -0.2) is 23.3 Å². The van der Waals surface area contributed by atoms with Crippen molar-refractivity contribution in [3.05, 3.63) is 193 Å². The summed E-state index contributed by atoms with van der Waals surface area (Å²) in [6.45, 7) is 18.7. The van der Waals surface area contributed by atoms with Crippen LogP contribution in [0.2, 0.25) is 0 Å². The second kappa shape index (κ2) is 14.9. The van der Waals surface area contributed by atoms with E-state index in [-0.39, 0.29) is 0 Å². The summed E-state index contributed by atoms with van der Waals surface area (Å²) in [6.07, 6.45) is 10.5. The van der Waals surface area contributed by atoms with Gasteiger partial charge in [0.2, 0.25) is 0 Å². The van der Waals surface area contributed by atoms with Crippen LogP contribution in [0.1, 0.15) is 65.2 Å². The molecule has 6 aromatic carbocycles. The minimum atomic E-state index is -0.555. The van der Waals surface area contributed by atoms with Crippen molar-refractivity contribution >= 4 is 34.3 Å². The van der Waals surface area contributed by atoms with Crippen LogP contribution in [0.4, 0.5) is 0 Å². The van der Waals surface area contributed by atoms with Crippen LogP contribution in [0, 0.1) is 0 Å². The van der Waals surface area contributed by atoms with Gasteiger partial charge in [0.25, 0.3) is 0 Å². The SMILES string of the molecule is C=C/C(=C\C=C/C)C1(c2ccccc2)c2ccccc2-c2ccc(-c3c4ccccc4c(-c4ccc(B5OC(C)(C)C(C)(C)O5)nc4)c4ccccc34)cc21.CC. The first-order valence-corrected chi connectivity index (χ1v) is 20.2. The normalized spacial score (nSPS) is 18.0. The Morgan fingerprint density at radius 3 is 1.70 bits per heavy atom. The van der Waals surface area contributed by atoms with Crippen molar-refractivity contribution in [1.82, 2.24) is 4.98 Å². The lowest BCUT2D eigenvalue weighted by Crippen LogP contribution is -2.41. The molecule has 3 nitrogen and oxygen atoms in total. The highest BCUT2D eigenvalue weighted by Gasteiger charge is 2.52. The summed E-state index contributed by atoms with van der Waals surface area (Å²) >= 11 is 0. The maximum Gasteiger partial charge on any atom is 0.514 e. The average Bonchev–Trinajstić information content (AvgIpc) is 3.66. The molecule has 0 N–H and O–H groups in total. The lowest BCUT2D eigenvalue weighted by atomic mass is 9.66. The van der Waals surface area contributed by atoms with Crippen molar-refractivity contribution in [2.24, 2.45) is 0 Å². The Bertz CT molecular complexity index is 2620. The van der Waals surface area contributed by atoms with Crippen molar-refractivity contribution in [1.29, 1.82) is 0 Å². The molecule has 1 aliphatic heterocycles. The second-order valence-corrected chi connectivity index (χ2v) is 15.7. The van der Waals surface area contributed by atoms with Gasteiger partial charge in [0.05, 0.1) is 22.2 Å². The van der Waals surface area contributed by atoms with Crippen molar-refractivity contribution in [3.8, 4) is 33.4 Å². The van der Waals surface area contributed by atoms with Crippen LogP contribution in [0.3, 0.4) is 0 Å². The highest BCUT2D eigenvalue weighted by molar-refractivity contribution is 6.61. The van der Waals surface area contributed by atoms with Gasteiger partial charge in [-0.15, -0.1) is 0 Å². The molecule has 2 heterocycles. The third-order valence-corrected chi connectivity index (χ3v) is 12.2. The number of aromatic nitrogens is 1. The summed E-state index contributed by atoms with van der Waals surface area (Å²) in [6, 6.07) is 48.7. The average molecular weight is 744 g/mol. The molecule has 4 heteroatoms. The smallest absolute Gasteiger partial charge is 0.398 e. The molecule has 57 heavy (non-hydrogen) atoms. The number of nitrogens with zero attached hydrogens (tertiary/aromatic N) is 1. The van der Waals surface area contributed by atoms with Gasteiger partial charge in [-0.3, -0.25) is 4.98 Å². The number of allylic oxidation sites excluding steroid dienone is 5. The van der Waals surface area contributed by atoms with Gasteiger partial charge in [0, 0.05) is 11.8 Å². The number of hydrogen-bond donors (Lipinski definition) is 0. The van der Waals surface area contributed by atoms with E-state index in [2.05, 4.69) is 193 Å². The molecule has 2 aliphatic rings. The molecule has 7 aromatic rings. The van der Waals surface area contributed by atoms with Crippen LogP contribution in [0.15, 0.2) is 176 Å². The molecule has 0 radical (unpaired) electrons. The molecular formula is C53H50BNO2. The Kier molecular flexibility index (Phi) is 9.98. The summed E-state index contributed by atoms with van der Waals surface area (Å²) < 4.78 is 12.7. The van der Waals surface area contributed by atoms with Crippen molar-refractivity contribution < 1.29 is 9.31 Å². The zero-order chi connectivity index (χ0) is 40.0. The van der Waals surface area contributed by atoms with E-state index in [1.54, 1.807) is 0 Å². The third kappa shape index (κ3) is 6.02. The van der Waals surface area contributed by atoms with Gasteiger partial charge in [-0.25, -0.2) is 0 Å². The molecule has 282 valence electrons. The molecular weight excluding hydrogens is 693 g/mol. The molecule has 0 bridgehead atoms. The zero-order valence-corrected chi connectivity index (χ0v) is 34.1. The predicted octanol–water partition coefficient (Wildman–Crippen LogP) is 13.1. The van der Waals surface area contributed by atoms with Gasteiger partial charge in [-0.05, 0) is 118 Å². The minimum Gasteiger partial charge on any atom is -0.398 e. The van der Waals surface area contributed by atoms with E-state index in [1.165, 1.54) is 66.1 Å². The Hall–Kier alpha value is -5.81. The number of pyridine rings is 1. The van der Waals surface area contributed by atoms with E-state index >= 15 is 0 Å². The number of fused-ring (bicyclic) bond motifs is 5. The Morgan fingerprint density at radius 1 is 0.614 bits per heavy atom. The van der Waals surface area contributed by atoms with Crippen molar-refractivity contribution in [2.75, 3.05) is 0 Å². The van der Waals surface area contributed by atoms with E-state index < -0.39 is 23.7 Å².